The molecular formula is C49H43IrN3O-2. The van der Waals surface area contributed by atoms with E-state index in [0.29, 0.717) is 33.7 Å². The van der Waals surface area contributed by atoms with Crippen molar-refractivity contribution in [3.63, 3.8) is 0 Å². The first-order chi connectivity index (χ1) is 27.9. The van der Waals surface area contributed by atoms with Crippen molar-refractivity contribution in [2.24, 2.45) is 5.92 Å². The fraction of sp³-hybridized carbons (Fsp3) is 0.204. The topological polar surface area (TPSA) is 51.8 Å². The second kappa shape index (κ2) is 16.4. The fourth-order valence-corrected chi connectivity index (χ4v) is 7.27. The summed E-state index contributed by atoms with van der Waals surface area (Å²) in [7, 11) is 0. The normalized spacial score (nSPS) is 14.9. The van der Waals surface area contributed by atoms with E-state index in [9.17, 15) is 0 Å². The van der Waals surface area contributed by atoms with Crippen LogP contribution >= 0.6 is 0 Å². The van der Waals surface area contributed by atoms with E-state index in [0.717, 1.165) is 64.4 Å². The van der Waals surface area contributed by atoms with Crippen LogP contribution in [0.1, 0.15) is 68.8 Å². The maximum atomic E-state index is 8.88. The molecule has 1 aliphatic carbocycles. The number of nitrogens with zero attached hydrogens (tertiary/aromatic N) is 3. The zero-order valence-corrected chi connectivity index (χ0v) is 32.7. The summed E-state index contributed by atoms with van der Waals surface area (Å²) < 4.78 is 47.4. The number of benzene rings is 4. The van der Waals surface area contributed by atoms with Gasteiger partial charge in [0.1, 0.15) is 5.58 Å². The summed E-state index contributed by atoms with van der Waals surface area (Å²) in [5, 5.41) is 1.96. The Morgan fingerprint density at radius 2 is 1.57 bits per heavy atom. The van der Waals surface area contributed by atoms with Crippen LogP contribution in [0.25, 0.3) is 55.6 Å². The molecule has 5 heteroatoms. The summed E-state index contributed by atoms with van der Waals surface area (Å²) in [4.78, 5) is 13.8. The molecular weight excluding hydrogens is 839 g/mol. The minimum atomic E-state index is -2.20. The summed E-state index contributed by atoms with van der Waals surface area (Å²) in [6.07, 6.45) is 9.04. The van der Waals surface area contributed by atoms with Gasteiger partial charge in [-0.05, 0) is 87.6 Å². The van der Waals surface area contributed by atoms with Crippen LogP contribution in [0.15, 0.2) is 144 Å². The Labute approximate surface area is 339 Å². The molecule has 8 aromatic rings. The van der Waals surface area contributed by atoms with Crippen molar-refractivity contribution >= 4 is 21.9 Å². The number of hydrogen-bond acceptors (Lipinski definition) is 4. The Morgan fingerprint density at radius 1 is 0.833 bits per heavy atom. The molecule has 0 atom stereocenters. The molecule has 1 fully saturated rings. The Balaban J connectivity index is 0.000000198. The molecule has 0 N–H and O–H groups in total. The van der Waals surface area contributed by atoms with Gasteiger partial charge in [-0.25, -0.2) is 0 Å². The van der Waals surface area contributed by atoms with Crippen LogP contribution in [0.5, 0.6) is 0 Å². The van der Waals surface area contributed by atoms with Crippen LogP contribution in [0.4, 0.5) is 0 Å². The molecule has 0 unspecified atom stereocenters. The Kier molecular flexibility index (Phi) is 9.48. The maximum Gasteiger partial charge on any atom is 0.121 e. The number of furan rings is 1. The predicted molar refractivity (Wildman–Crippen MR) is 216 cm³/mol. The van der Waals surface area contributed by atoms with Crippen molar-refractivity contribution in [1.29, 1.82) is 0 Å². The van der Waals surface area contributed by atoms with Gasteiger partial charge in [0.05, 0.1) is 5.58 Å². The Morgan fingerprint density at radius 3 is 2.33 bits per heavy atom. The SMILES string of the molecule is [2H]C([2H])([2H])c1cnc(-c2[c-]cccc2)cc1-c1ccccc1.[2H]C([2H])(c1ccnc(-c2[c-]nc(C(C)(C)c3ccccc3)c3c2oc2ccccc23)c1)C1CCCC1.[Ir]. The van der Waals surface area contributed by atoms with Gasteiger partial charge in [0, 0.05) is 44.7 Å². The summed E-state index contributed by atoms with van der Waals surface area (Å²) in [5.41, 5.74) is 8.49. The second-order valence-electron chi connectivity index (χ2n) is 14.1. The van der Waals surface area contributed by atoms with Gasteiger partial charge in [0.15, 0.2) is 0 Å². The van der Waals surface area contributed by atoms with Gasteiger partial charge >= 0.3 is 0 Å². The third-order valence-corrected chi connectivity index (χ3v) is 10.1. The van der Waals surface area contributed by atoms with Crippen LogP contribution in [0, 0.1) is 25.0 Å². The van der Waals surface area contributed by atoms with E-state index < -0.39 is 13.2 Å². The molecule has 0 bridgehead atoms. The summed E-state index contributed by atoms with van der Waals surface area (Å²) in [6.45, 7) is 2.15. The molecule has 54 heavy (non-hydrogen) atoms. The molecule has 1 aliphatic rings. The van der Waals surface area contributed by atoms with E-state index >= 15 is 0 Å². The summed E-state index contributed by atoms with van der Waals surface area (Å²) in [5.74, 6) is 0.0371. The minimum absolute atomic E-state index is 0. The standard InChI is InChI=1S/C31H29N2O.C18H14N.Ir/c1-31(2,23-12-4-3-5-13-23)30-28-24-14-8-9-15-27(24)34-29(28)25(20-33-30)26-19-22(16-17-32-26)18-21-10-6-7-11-21;1-14-13-19-18(16-10-6-3-7-11-16)12-17(14)15-8-4-2-5-9-15;/h3-5,8-9,12-17,19,21H,6-7,10-11,18H2,1-2H3;2-10,12-13H,1H3;/q2*-1;/i18D2;1D3;. The van der Waals surface area contributed by atoms with Crippen molar-refractivity contribution in [2.45, 2.75) is 58.2 Å². The van der Waals surface area contributed by atoms with E-state index in [-0.39, 0.29) is 37.0 Å². The van der Waals surface area contributed by atoms with Crippen LogP contribution in [0.3, 0.4) is 0 Å². The van der Waals surface area contributed by atoms with E-state index in [1.165, 1.54) is 6.20 Å². The number of para-hydroxylation sites is 1. The zero-order valence-electron chi connectivity index (χ0n) is 35.3. The fourth-order valence-electron chi connectivity index (χ4n) is 7.27. The Hall–Kier alpha value is -5.22. The van der Waals surface area contributed by atoms with E-state index in [4.69, 9.17) is 16.3 Å². The van der Waals surface area contributed by atoms with Gasteiger partial charge in [-0.15, -0.1) is 35.9 Å². The van der Waals surface area contributed by atoms with Gasteiger partial charge in [-0.1, -0.05) is 142 Å². The first-order valence-electron chi connectivity index (χ1n) is 20.7. The molecule has 4 aromatic heterocycles. The van der Waals surface area contributed by atoms with Gasteiger partial charge < -0.3 is 19.4 Å². The molecule has 4 heterocycles. The number of aromatic nitrogens is 3. The van der Waals surface area contributed by atoms with Crippen molar-refractivity contribution in [2.75, 3.05) is 0 Å². The quantitative estimate of drug-likeness (QED) is 0.150. The minimum Gasteiger partial charge on any atom is -0.500 e. The van der Waals surface area contributed by atoms with Gasteiger partial charge in [0.2, 0.25) is 0 Å². The summed E-state index contributed by atoms with van der Waals surface area (Å²) in [6, 6.07) is 44.0. The van der Waals surface area contributed by atoms with Crippen LogP contribution in [-0.2, 0) is 31.9 Å². The van der Waals surface area contributed by atoms with Crippen LogP contribution in [0.2, 0.25) is 0 Å². The monoisotopic (exact) mass is 887 g/mol. The number of rotatable bonds is 7. The average molecular weight is 887 g/mol. The predicted octanol–water partition coefficient (Wildman–Crippen LogP) is 12.4. The van der Waals surface area contributed by atoms with Crippen molar-refractivity contribution in [3.05, 3.63) is 174 Å². The van der Waals surface area contributed by atoms with Crippen LogP contribution < -0.4 is 0 Å². The number of fused-ring (bicyclic) bond motifs is 3. The molecule has 271 valence electrons. The molecule has 4 aromatic carbocycles. The molecule has 9 rings (SSSR count). The third-order valence-electron chi connectivity index (χ3n) is 10.1. The average Bonchev–Trinajstić information content (AvgIpc) is 3.94. The number of pyridine rings is 3. The van der Waals surface area contributed by atoms with E-state index in [1.54, 1.807) is 12.3 Å². The van der Waals surface area contributed by atoms with Gasteiger partial charge in [-0.2, -0.15) is 0 Å². The molecule has 0 aliphatic heterocycles. The van der Waals surface area contributed by atoms with Gasteiger partial charge in [-0.3, -0.25) is 0 Å². The van der Waals surface area contributed by atoms with Crippen LogP contribution in [-0.4, -0.2) is 15.0 Å². The molecule has 0 amide bonds. The zero-order chi connectivity index (χ0) is 40.5. The van der Waals surface area contributed by atoms with Crippen molar-refractivity contribution in [3.8, 4) is 33.6 Å². The first kappa shape index (κ1) is 31.2. The van der Waals surface area contributed by atoms with E-state index in [1.807, 2.05) is 103 Å². The van der Waals surface area contributed by atoms with Crippen molar-refractivity contribution < 1.29 is 31.4 Å². The molecule has 1 saturated carbocycles. The largest absolute Gasteiger partial charge is 0.500 e. The first-order valence-corrected chi connectivity index (χ1v) is 18.2. The molecule has 0 saturated heterocycles. The molecule has 0 spiro atoms. The Bertz CT molecular complexity index is 2680. The third kappa shape index (κ3) is 7.71. The second-order valence-corrected chi connectivity index (χ2v) is 14.1. The molecule has 1 radical (unpaired) electrons. The molecule has 4 nitrogen and oxygen atoms in total. The van der Waals surface area contributed by atoms with E-state index in [2.05, 4.69) is 54.3 Å². The number of aryl methyl sites for hydroxylation is 1. The van der Waals surface area contributed by atoms with Gasteiger partial charge in [0.25, 0.3) is 0 Å². The van der Waals surface area contributed by atoms with Crippen molar-refractivity contribution in [1.82, 2.24) is 15.0 Å². The maximum absolute atomic E-state index is 8.88. The number of hydrogen-bond donors (Lipinski definition) is 0. The smallest absolute Gasteiger partial charge is 0.121 e. The summed E-state index contributed by atoms with van der Waals surface area (Å²) >= 11 is 0.